The first-order valence-electron chi connectivity index (χ1n) is 4.48. The minimum atomic E-state index is -3.66. The number of primary sulfonamides is 1. The minimum absolute atomic E-state index is 0.0439. The second kappa shape index (κ2) is 4.95. The van der Waals surface area contributed by atoms with Crippen LogP contribution in [-0.2, 0) is 16.4 Å². The van der Waals surface area contributed by atoms with Gasteiger partial charge in [-0.15, -0.1) is 0 Å². The van der Waals surface area contributed by atoms with Gasteiger partial charge in [0.1, 0.15) is 0 Å². The fraction of sp³-hybridized carbons (Fsp3) is 0.222. The van der Waals surface area contributed by atoms with Crippen LogP contribution in [0, 0.1) is 0 Å². The molecule has 0 saturated heterocycles. The molecule has 0 saturated carbocycles. The first-order valence-corrected chi connectivity index (χ1v) is 6.03. The number of amides is 1. The van der Waals surface area contributed by atoms with Crippen molar-refractivity contribution in [2.75, 3.05) is 6.54 Å². The van der Waals surface area contributed by atoms with Crippen LogP contribution in [0.15, 0.2) is 29.2 Å². The summed E-state index contributed by atoms with van der Waals surface area (Å²) in [6.07, 6.45) is -0.585. The Hall–Kier alpha value is -1.60. The number of nitrogens with two attached hydrogens (primary N) is 1. The van der Waals surface area contributed by atoms with Crippen LogP contribution in [0.3, 0.4) is 0 Å². The SMILES string of the molecule is NS(=O)(=O)c1ccc(CCNC(=O)O)cc1. The quantitative estimate of drug-likeness (QED) is 0.700. The number of benzene rings is 1. The average molecular weight is 244 g/mol. The van der Waals surface area contributed by atoms with Gasteiger partial charge in [0.05, 0.1) is 4.90 Å². The van der Waals surface area contributed by atoms with Crippen LogP contribution < -0.4 is 10.5 Å². The molecule has 88 valence electrons. The molecule has 0 aliphatic heterocycles. The van der Waals surface area contributed by atoms with E-state index in [0.29, 0.717) is 6.42 Å². The van der Waals surface area contributed by atoms with Crippen molar-refractivity contribution in [3.63, 3.8) is 0 Å². The third-order valence-corrected chi connectivity index (χ3v) is 2.87. The van der Waals surface area contributed by atoms with Crippen molar-refractivity contribution in [1.82, 2.24) is 5.32 Å². The number of rotatable bonds is 4. The van der Waals surface area contributed by atoms with Crippen molar-refractivity contribution < 1.29 is 18.3 Å². The first-order chi connectivity index (χ1) is 7.39. The van der Waals surface area contributed by atoms with E-state index in [1.165, 1.54) is 12.1 Å². The van der Waals surface area contributed by atoms with Gasteiger partial charge in [0.2, 0.25) is 10.0 Å². The second-order valence-electron chi connectivity index (χ2n) is 3.17. The smallest absolute Gasteiger partial charge is 0.404 e. The molecule has 0 aromatic heterocycles. The van der Waals surface area contributed by atoms with Crippen LogP contribution in [0.1, 0.15) is 5.56 Å². The maximum Gasteiger partial charge on any atom is 0.404 e. The molecule has 1 aromatic carbocycles. The van der Waals surface area contributed by atoms with Crippen molar-refractivity contribution in [3.05, 3.63) is 29.8 Å². The van der Waals surface area contributed by atoms with E-state index < -0.39 is 16.1 Å². The summed E-state index contributed by atoms with van der Waals surface area (Å²) < 4.78 is 21.9. The molecule has 0 radical (unpaired) electrons. The molecule has 0 unspecified atom stereocenters. The number of carboxylic acid groups (broad SMARTS) is 1. The predicted octanol–water partition coefficient (Wildman–Crippen LogP) is 0.144. The molecule has 0 fully saturated rings. The highest BCUT2D eigenvalue weighted by molar-refractivity contribution is 7.89. The fourth-order valence-electron chi connectivity index (χ4n) is 1.16. The number of nitrogens with one attached hydrogen (secondary N) is 1. The van der Waals surface area contributed by atoms with Crippen molar-refractivity contribution in [2.45, 2.75) is 11.3 Å². The zero-order valence-corrected chi connectivity index (χ0v) is 9.20. The largest absolute Gasteiger partial charge is 0.465 e. The Labute approximate surface area is 93.1 Å². The van der Waals surface area contributed by atoms with Gasteiger partial charge in [0, 0.05) is 6.54 Å². The van der Waals surface area contributed by atoms with Crippen LogP contribution in [0.5, 0.6) is 0 Å². The van der Waals surface area contributed by atoms with Crippen molar-refractivity contribution in [2.24, 2.45) is 5.14 Å². The lowest BCUT2D eigenvalue weighted by Crippen LogP contribution is -2.23. The van der Waals surface area contributed by atoms with Gasteiger partial charge in [-0.25, -0.2) is 18.4 Å². The molecule has 0 aliphatic carbocycles. The van der Waals surface area contributed by atoms with Gasteiger partial charge in [-0.05, 0) is 24.1 Å². The van der Waals surface area contributed by atoms with E-state index in [1.54, 1.807) is 12.1 Å². The molecule has 0 atom stereocenters. The predicted molar refractivity (Wildman–Crippen MR) is 57.5 cm³/mol. The highest BCUT2D eigenvalue weighted by Gasteiger charge is 2.06. The normalized spacial score (nSPS) is 11.1. The Morgan fingerprint density at radius 1 is 1.31 bits per heavy atom. The van der Waals surface area contributed by atoms with E-state index in [4.69, 9.17) is 10.2 Å². The molecular weight excluding hydrogens is 232 g/mol. The Morgan fingerprint density at radius 2 is 1.88 bits per heavy atom. The van der Waals surface area contributed by atoms with E-state index in [2.05, 4.69) is 5.32 Å². The third-order valence-electron chi connectivity index (χ3n) is 1.94. The topological polar surface area (TPSA) is 109 Å². The minimum Gasteiger partial charge on any atom is -0.465 e. The molecule has 6 nitrogen and oxygen atoms in total. The molecule has 0 bridgehead atoms. The van der Waals surface area contributed by atoms with E-state index in [9.17, 15) is 13.2 Å². The number of sulfonamides is 1. The summed E-state index contributed by atoms with van der Waals surface area (Å²) in [6.45, 7) is 0.282. The summed E-state index contributed by atoms with van der Waals surface area (Å²) in [7, 11) is -3.66. The number of hydrogen-bond donors (Lipinski definition) is 3. The van der Waals surface area contributed by atoms with Crippen LogP contribution in [0.2, 0.25) is 0 Å². The van der Waals surface area contributed by atoms with Crippen LogP contribution in [-0.4, -0.2) is 26.2 Å². The molecule has 1 aromatic rings. The van der Waals surface area contributed by atoms with Gasteiger partial charge in [-0.3, -0.25) is 0 Å². The maximum atomic E-state index is 10.9. The first kappa shape index (κ1) is 12.5. The van der Waals surface area contributed by atoms with Crippen molar-refractivity contribution >= 4 is 16.1 Å². The lowest BCUT2D eigenvalue weighted by atomic mass is 10.1. The molecule has 0 aliphatic rings. The molecule has 16 heavy (non-hydrogen) atoms. The van der Waals surface area contributed by atoms with Gasteiger partial charge in [-0.2, -0.15) is 0 Å². The van der Waals surface area contributed by atoms with Crippen LogP contribution in [0.25, 0.3) is 0 Å². The molecule has 4 N–H and O–H groups in total. The maximum absolute atomic E-state index is 10.9. The zero-order valence-electron chi connectivity index (χ0n) is 8.38. The van der Waals surface area contributed by atoms with E-state index in [-0.39, 0.29) is 11.4 Å². The summed E-state index contributed by atoms with van der Waals surface area (Å²) in [5.74, 6) is 0. The molecule has 0 heterocycles. The third kappa shape index (κ3) is 3.87. The summed E-state index contributed by atoms with van der Waals surface area (Å²) in [5, 5.41) is 15.5. The monoisotopic (exact) mass is 244 g/mol. The van der Waals surface area contributed by atoms with E-state index in [0.717, 1.165) is 5.56 Å². The Bertz CT molecular complexity index is 467. The molecule has 0 spiro atoms. The van der Waals surface area contributed by atoms with Crippen molar-refractivity contribution in [1.29, 1.82) is 0 Å². The summed E-state index contributed by atoms with van der Waals surface area (Å²) >= 11 is 0. The summed E-state index contributed by atoms with van der Waals surface area (Å²) in [6, 6.07) is 5.99. The van der Waals surface area contributed by atoms with Crippen molar-refractivity contribution in [3.8, 4) is 0 Å². The molecular formula is C9H12N2O4S. The Morgan fingerprint density at radius 3 is 2.31 bits per heavy atom. The second-order valence-corrected chi connectivity index (χ2v) is 4.73. The summed E-state index contributed by atoms with van der Waals surface area (Å²) in [5.41, 5.74) is 0.834. The lowest BCUT2D eigenvalue weighted by molar-refractivity contribution is 0.194. The van der Waals surface area contributed by atoms with Gasteiger partial charge >= 0.3 is 6.09 Å². The van der Waals surface area contributed by atoms with E-state index >= 15 is 0 Å². The molecule has 1 amide bonds. The fourth-order valence-corrected chi connectivity index (χ4v) is 1.68. The van der Waals surface area contributed by atoms with Gasteiger partial charge in [0.25, 0.3) is 0 Å². The molecule has 1 rings (SSSR count). The van der Waals surface area contributed by atoms with Gasteiger partial charge in [0.15, 0.2) is 0 Å². The Balaban J connectivity index is 2.62. The summed E-state index contributed by atoms with van der Waals surface area (Å²) in [4.78, 5) is 10.2. The molecule has 7 heteroatoms. The number of hydrogen-bond acceptors (Lipinski definition) is 3. The highest BCUT2D eigenvalue weighted by Crippen LogP contribution is 2.08. The highest BCUT2D eigenvalue weighted by atomic mass is 32.2. The lowest BCUT2D eigenvalue weighted by Gasteiger charge is -2.03. The van der Waals surface area contributed by atoms with E-state index in [1.807, 2.05) is 0 Å². The van der Waals surface area contributed by atoms with Crippen LogP contribution in [0.4, 0.5) is 4.79 Å². The van der Waals surface area contributed by atoms with Crippen LogP contribution >= 0.6 is 0 Å². The average Bonchev–Trinajstić information content (AvgIpc) is 2.16. The standard InChI is InChI=1S/C9H12N2O4S/c10-16(14,15)8-3-1-7(2-4-8)5-6-11-9(12)13/h1-4,11H,5-6H2,(H,12,13)(H2,10,14,15). The van der Waals surface area contributed by atoms with Gasteiger partial charge < -0.3 is 10.4 Å². The zero-order chi connectivity index (χ0) is 12.2. The van der Waals surface area contributed by atoms with Gasteiger partial charge in [-0.1, -0.05) is 12.1 Å². The number of carbonyl (C=O) groups is 1. The Kier molecular flexibility index (Phi) is 3.86.